The molecule has 0 N–H and O–H groups in total. The maximum Gasteiger partial charge on any atom is 0.157 e. The van der Waals surface area contributed by atoms with Gasteiger partial charge >= 0.3 is 0 Å². The van der Waals surface area contributed by atoms with E-state index < -0.39 is 0 Å². The summed E-state index contributed by atoms with van der Waals surface area (Å²) in [6, 6.07) is 0. The Kier molecular flexibility index (Phi) is 15.1. The number of hydrogen-bond acceptors (Lipinski definition) is 4. The average molecular weight is 441 g/mol. The van der Waals surface area contributed by atoms with Crippen LogP contribution in [-0.2, 0) is 18.9 Å². The molecule has 0 amide bonds. The molecule has 2 rings (SSSR count). The third-order valence-electron chi connectivity index (χ3n) is 6.89. The van der Waals surface area contributed by atoms with Crippen LogP contribution in [-0.4, -0.2) is 39.0 Å². The molecule has 2 heterocycles. The molecule has 2 aliphatic rings. The molecule has 0 radical (unpaired) electrons. The number of rotatable bonds is 18. The van der Waals surface area contributed by atoms with E-state index in [2.05, 4.69) is 13.8 Å². The molecule has 0 aromatic carbocycles. The molecular weight excluding hydrogens is 388 g/mol. The third kappa shape index (κ3) is 12.0. The van der Waals surface area contributed by atoms with Crippen molar-refractivity contribution in [2.45, 2.75) is 142 Å². The van der Waals surface area contributed by atoms with Gasteiger partial charge in [0.15, 0.2) is 12.6 Å². The first-order valence-corrected chi connectivity index (χ1v) is 13.7. The SMILES string of the molecule is CCCCCCCCCCC1OCC2(CO1)COC(CCCCCCCCCC)OC2. The highest BCUT2D eigenvalue weighted by Gasteiger charge is 2.41. The number of hydrogen-bond donors (Lipinski definition) is 0. The highest BCUT2D eigenvalue weighted by molar-refractivity contribution is 4.84. The Hall–Kier alpha value is -0.160. The highest BCUT2D eigenvalue weighted by Crippen LogP contribution is 2.32. The zero-order chi connectivity index (χ0) is 22.0. The molecule has 31 heavy (non-hydrogen) atoms. The molecule has 4 heteroatoms. The highest BCUT2D eigenvalue weighted by atomic mass is 16.7. The van der Waals surface area contributed by atoms with Gasteiger partial charge in [0.1, 0.15) is 0 Å². The van der Waals surface area contributed by atoms with Crippen LogP contribution in [0.3, 0.4) is 0 Å². The molecule has 0 aromatic heterocycles. The first-order chi connectivity index (χ1) is 15.3. The van der Waals surface area contributed by atoms with Crippen LogP contribution >= 0.6 is 0 Å². The van der Waals surface area contributed by atoms with E-state index in [9.17, 15) is 0 Å². The van der Waals surface area contributed by atoms with Crippen molar-refractivity contribution < 1.29 is 18.9 Å². The van der Waals surface area contributed by atoms with Crippen molar-refractivity contribution in [3.63, 3.8) is 0 Å². The van der Waals surface area contributed by atoms with Crippen LogP contribution in [0.15, 0.2) is 0 Å². The topological polar surface area (TPSA) is 36.9 Å². The molecule has 1 spiro atoms. The van der Waals surface area contributed by atoms with Gasteiger partial charge in [0, 0.05) is 0 Å². The lowest BCUT2D eigenvalue weighted by atomic mass is 9.90. The molecule has 2 fully saturated rings. The molecular formula is C27H52O4. The van der Waals surface area contributed by atoms with Gasteiger partial charge in [-0.1, -0.05) is 104 Å². The molecule has 0 aromatic rings. The quantitative estimate of drug-likeness (QED) is 0.204. The smallest absolute Gasteiger partial charge is 0.157 e. The van der Waals surface area contributed by atoms with Crippen LogP contribution < -0.4 is 0 Å². The molecule has 2 saturated heterocycles. The van der Waals surface area contributed by atoms with Gasteiger partial charge in [-0.05, 0) is 25.7 Å². The minimum atomic E-state index is -0.0917. The number of unbranched alkanes of at least 4 members (excludes halogenated alkanes) is 14. The van der Waals surface area contributed by atoms with Crippen LogP contribution in [0, 0.1) is 5.41 Å². The van der Waals surface area contributed by atoms with E-state index in [0.29, 0.717) is 26.4 Å². The summed E-state index contributed by atoms with van der Waals surface area (Å²) in [5.41, 5.74) is -0.0917. The van der Waals surface area contributed by atoms with E-state index in [-0.39, 0.29) is 18.0 Å². The maximum absolute atomic E-state index is 6.04. The van der Waals surface area contributed by atoms with Gasteiger partial charge < -0.3 is 18.9 Å². The number of ether oxygens (including phenoxy) is 4. The van der Waals surface area contributed by atoms with Crippen LogP contribution in [0.1, 0.15) is 129 Å². The van der Waals surface area contributed by atoms with Crippen molar-refractivity contribution in [1.29, 1.82) is 0 Å². The molecule has 0 bridgehead atoms. The second-order valence-electron chi connectivity index (χ2n) is 10.1. The minimum Gasteiger partial charge on any atom is -0.352 e. The zero-order valence-corrected chi connectivity index (χ0v) is 20.8. The summed E-state index contributed by atoms with van der Waals surface area (Å²) in [6.07, 6.45) is 23.5. The summed E-state index contributed by atoms with van der Waals surface area (Å²) in [5.74, 6) is 0. The van der Waals surface area contributed by atoms with E-state index >= 15 is 0 Å². The minimum absolute atomic E-state index is 0.0271. The van der Waals surface area contributed by atoms with E-state index in [4.69, 9.17) is 18.9 Å². The van der Waals surface area contributed by atoms with Crippen LogP contribution in [0.4, 0.5) is 0 Å². The van der Waals surface area contributed by atoms with Crippen LogP contribution in [0.5, 0.6) is 0 Å². The summed E-state index contributed by atoms with van der Waals surface area (Å²) in [4.78, 5) is 0. The van der Waals surface area contributed by atoms with Gasteiger partial charge in [-0.25, -0.2) is 0 Å². The Labute approximate surface area is 193 Å². The lowest BCUT2D eigenvalue weighted by Crippen LogP contribution is -2.52. The Morgan fingerprint density at radius 1 is 0.452 bits per heavy atom. The fourth-order valence-corrected chi connectivity index (χ4v) is 4.65. The van der Waals surface area contributed by atoms with E-state index in [0.717, 1.165) is 12.8 Å². The largest absolute Gasteiger partial charge is 0.352 e. The fraction of sp³-hybridized carbons (Fsp3) is 1.00. The summed E-state index contributed by atoms with van der Waals surface area (Å²) < 4.78 is 24.1. The molecule has 0 unspecified atom stereocenters. The van der Waals surface area contributed by atoms with Crippen molar-refractivity contribution in [1.82, 2.24) is 0 Å². The fourth-order valence-electron chi connectivity index (χ4n) is 4.65. The standard InChI is InChI=1S/C27H52O4/c1-3-5-7-9-11-13-15-17-19-25-28-21-27(22-29-25)23-30-26(31-24-27)20-18-16-14-12-10-8-6-4-2/h25-26H,3-24H2,1-2H3. The first kappa shape index (κ1) is 27.1. The summed E-state index contributed by atoms with van der Waals surface area (Å²) in [5, 5.41) is 0. The summed E-state index contributed by atoms with van der Waals surface area (Å²) in [7, 11) is 0. The Bertz CT molecular complexity index is 357. The van der Waals surface area contributed by atoms with Gasteiger partial charge in [-0.3, -0.25) is 0 Å². The molecule has 0 atom stereocenters. The van der Waals surface area contributed by atoms with Crippen LogP contribution in [0.25, 0.3) is 0 Å². The lowest BCUT2D eigenvalue weighted by molar-refractivity contribution is -0.304. The third-order valence-corrected chi connectivity index (χ3v) is 6.89. The van der Waals surface area contributed by atoms with Crippen LogP contribution in [0.2, 0.25) is 0 Å². The van der Waals surface area contributed by atoms with Crippen molar-refractivity contribution >= 4 is 0 Å². The Morgan fingerprint density at radius 2 is 0.742 bits per heavy atom. The van der Waals surface area contributed by atoms with Crippen molar-refractivity contribution in [2.24, 2.45) is 5.41 Å². The Balaban J connectivity index is 1.43. The molecule has 4 nitrogen and oxygen atoms in total. The molecule has 0 saturated carbocycles. The predicted octanol–water partition coefficient (Wildman–Crippen LogP) is 7.78. The van der Waals surface area contributed by atoms with E-state index in [1.54, 1.807) is 0 Å². The molecule has 0 aliphatic carbocycles. The normalized spacial score (nSPS) is 26.5. The zero-order valence-electron chi connectivity index (χ0n) is 20.8. The van der Waals surface area contributed by atoms with Gasteiger partial charge in [-0.2, -0.15) is 0 Å². The predicted molar refractivity (Wildman–Crippen MR) is 128 cm³/mol. The average Bonchev–Trinajstić information content (AvgIpc) is 2.80. The monoisotopic (exact) mass is 440 g/mol. The summed E-state index contributed by atoms with van der Waals surface area (Å²) >= 11 is 0. The van der Waals surface area contributed by atoms with Crippen molar-refractivity contribution in [3.8, 4) is 0 Å². The lowest BCUT2D eigenvalue weighted by Gasteiger charge is -2.43. The first-order valence-electron chi connectivity index (χ1n) is 13.7. The van der Waals surface area contributed by atoms with E-state index in [1.165, 1.54) is 103 Å². The van der Waals surface area contributed by atoms with Gasteiger partial charge in [0.2, 0.25) is 0 Å². The Morgan fingerprint density at radius 3 is 1.06 bits per heavy atom. The van der Waals surface area contributed by atoms with E-state index in [1.807, 2.05) is 0 Å². The maximum atomic E-state index is 6.04. The van der Waals surface area contributed by atoms with Crippen molar-refractivity contribution in [3.05, 3.63) is 0 Å². The second-order valence-corrected chi connectivity index (χ2v) is 10.1. The van der Waals surface area contributed by atoms with Gasteiger partial charge in [0.25, 0.3) is 0 Å². The second kappa shape index (κ2) is 17.3. The molecule has 2 aliphatic heterocycles. The summed E-state index contributed by atoms with van der Waals surface area (Å²) in [6.45, 7) is 7.38. The van der Waals surface area contributed by atoms with Crippen molar-refractivity contribution in [2.75, 3.05) is 26.4 Å². The van der Waals surface area contributed by atoms with Gasteiger partial charge in [-0.15, -0.1) is 0 Å². The molecule has 184 valence electrons. The van der Waals surface area contributed by atoms with Gasteiger partial charge in [0.05, 0.1) is 31.8 Å².